The summed E-state index contributed by atoms with van der Waals surface area (Å²) in [5, 5.41) is 12.8. The second-order valence-electron chi connectivity index (χ2n) is 7.01. The molecular formula is C17H27N5O3. The van der Waals surface area contributed by atoms with Crippen LogP contribution in [-0.4, -0.2) is 60.6 Å². The molecule has 2 atom stereocenters. The summed E-state index contributed by atoms with van der Waals surface area (Å²) < 4.78 is 4.95. The molecule has 2 aliphatic rings. The normalized spacial score (nSPS) is 24.2. The van der Waals surface area contributed by atoms with Gasteiger partial charge in [0.15, 0.2) is 5.82 Å². The topological polar surface area (TPSA) is 99.5 Å². The van der Waals surface area contributed by atoms with Gasteiger partial charge in [0.2, 0.25) is 11.8 Å². The lowest BCUT2D eigenvalue weighted by molar-refractivity contribution is -0.123. The van der Waals surface area contributed by atoms with Crippen LogP contribution in [0.5, 0.6) is 0 Å². The van der Waals surface area contributed by atoms with Crippen LogP contribution in [0.2, 0.25) is 0 Å². The first-order chi connectivity index (χ1) is 12.1. The molecule has 2 fully saturated rings. The number of amides is 2. The molecule has 3 heterocycles. The average Bonchev–Trinajstić information content (AvgIpc) is 3.25. The molecule has 8 nitrogen and oxygen atoms in total. The molecule has 0 saturated carbocycles. The van der Waals surface area contributed by atoms with Crippen molar-refractivity contribution in [3.63, 3.8) is 0 Å². The fraction of sp³-hybridized carbons (Fsp3) is 0.706. The lowest BCUT2D eigenvalue weighted by Crippen LogP contribution is -2.46. The van der Waals surface area contributed by atoms with Crippen molar-refractivity contribution in [3.05, 3.63) is 11.8 Å². The smallest absolute Gasteiger partial charge is 0.239 e. The van der Waals surface area contributed by atoms with Gasteiger partial charge in [-0.25, -0.2) is 0 Å². The van der Waals surface area contributed by atoms with Gasteiger partial charge in [0.1, 0.15) is 5.76 Å². The summed E-state index contributed by atoms with van der Waals surface area (Å²) in [6.45, 7) is 5.45. The van der Waals surface area contributed by atoms with Crippen molar-refractivity contribution in [1.29, 1.82) is 0 Å². The van der Waals surface area contributed by atoms with Gasteiger partial charge in [-0.05, 0) is 51.6 Å². The maximum Gasteiger partial charge on any atom is 0.239 e. The van der Waals surface area contributed by atoms with Crippen LogP contribution < -0.4 is 16.0 Å². The van der Waals surface area contributed by atoms with Gasteiger partial charge in [-0.2, -0.15) is 0 Å². The highest BCUT2D eigenvalue weighted by Gasteiger charge is 2.25. The summed E-state index contributed by atoms with van der Waals surface area (Å²) >= 11 is 0. The van der Waals surface area contributed by atoms with Gasteiger partial charge in [-0.3, -0.25) is 14.5 Å². The molecular weight excluding hydrogens is 322 g/mol. The summed E-state index contributed by atoms with van der Waals surface area (Å²) in [5.41, 5.74) is 0. The van der Waals surface area contributed by atoms with Crippen molar-refractivity contribution in [2.24, 2.45) is 5.92 Å². The summed E-state index contributed by atoms with van der Waals surface area (Å²) in [5.74, 6) is 1.52. The van der Waals surface area contributed by atoms with E-state index in [0.29, 0.717) is 30.6 Å². The Morgan fingerprint density at radius 3 is 3.00 bits per heavy atom. The van der Waals surface area contributed by atoms with Crippen molar-refractivity contribution in [2.45, 2.75) is 38.6 Å². The number of piperidine rings is 1. The molecule has 2 saturated heterocycles. The van der Waals surface area contributed by atoms with Gasteiger partial charge in [0.05, 0.1) is 12.6 Å². The Labute approximate surface area is 147 Å². The number of carbonyl (C=O) groups excluding carboxylic acids is 2. The van der Waals surface area contributed by atoms with Gasteiger partial charge in [0, 0.05) is 19.2 Å². The van der Waals surface area contributed by atoms with E-state index < -0.39 is 0 Å². The summed E-state index contributed by atoms with van der Waals surface area (Å²) in [6, 6.07) is 1.67. The third-order valence-electron chi connectivity index (χ3n) is 4.81. The van der Waals surface area contributed by atoms with E-state index in [1.165, 1.54) is 0 Å². The monoisotopic (exact) mass is 349 g/mol. The van der Waals surface area contributed by atoms with Crippen molar-refractivity contribution >= 4 is 17.6 Å². The van der Waals surface area contributed by atoms with E-state index in [0.717, 1.165) is 45.3 Å². The standard InChI is InChI=1S/C17H27N5O3/c1-12-8-15(21-25-12)20-16(23)11-22-7-3-4-13(10-22)9-19-17(24)14-5-2-6-18-14/h8,13-14,18H,2-7,9-11H2,1H3,(H,19,24)(H,20,21,23). The molecule has 25 heavy (non-hydrogen) atoms. The van der Waals surface area contributed by atoms with E-state index in [4.69, 9.17) is 4.52 Å². The molecule has 0 spiro atoms. The average molecular weight is 349 g/mol. The summed E-state index contributed by atoms with van der Waals surface area (Å²) in [4.78, 5) is 26.3. The number of anilines is 1. The highest BCUT2D eigenvalue weighted by Crippen LogP contribution is 2.16. The largest absolute Gasteiger partial charge is 0.360 e. The number of nitrogens with zero attached hydrogens (tertiary/aromatic N) is 2. The molecule has 3 rings (SSSR count). The van der Waals surface area contributed by atoms with Crippen LogP contribution in [0.15, 0.2) is 10.6 Å². The van der Waals surface area contributed by atoms with Gasteiger partial charge < -0.3 is 20.5 Å². The fourth-order valence-corrected chi connectivity index (χ4v) is 3.55. The molecule has 3 N–H and O–H groups in total. The molecule has 138 valence electrons. The molecule has 2 aliphatic heterocycles. The number of nitrogens with one attached hydrogen (secondary N) is 3. The third-order valence-corrected chi connectivity index (χ3v) is 4.81. The summed E-state index contributed by atoms with van der Waals surface area (Å²) in [6.07, 6.45) is 4.11. The van der Waals surface area contributed by atoms with Crippen molar-refractivity contribution in [1.82, 2.24) is 20.7 Å². The van der Waals surface area contributed by atoms with Crippen LogP contribution in [-0.2, 0) is 9.59 Å². The van der Waals surface area contributed by atoms with Crippen LogP contribution in [0.3, 0.4) is 0 Å². The minimum absolute atomic E-state index is 0.0311. The lowest BCUT2D eigenvalue weighted by atomic mass is 9.98. The predicted molar refractivity (Wildman–Crippen MR) is 93.1 cm³/mol. The second kappa shape index (κ2) is 8.44. The first-order valence-electron chi connectivity index (χ1n) is 9.07. The Bertz CT molecular complexity index is 597. The SMILES string of the molecule is Cc1cc(NC(=O)CN2CCCC(CNC(=O)C3CCCN3)C2)no1. The molecule has 2 amide bonds. The van der Waals surface area contributed by atoms with E-state index in [9.17, 15) is 9.59 Å². The van der Waals surface area contributed by atoms with E-state index in [1.54, 1.807) is 13.0 Å². The Kier molecular flexibility index (Phi) is 6.04. The Balaban J connectivity index is 1.39. The van der Waals surface area contributed by atoms with Crippen molar-refractivity contribution in [3.8, 4) is 0 Å². The molecule has 0 aromatic carbocycles. The Morgan fingerprint density at radius 1 is 1.40 bits per heavy atom. The minimum atomic E-state index is -0.0897. The minimum Gasteiger partial charge on any atom is -0.360 e. The van der Waals surface area contributed by atoms with Gasteiger partial charge in [0.25, 0.3) is 0 Å². The van der Waals surface area contributed by atoms with Crippen LogP contribution in [0.1, 0.15) is 31.4 Å². The molecule has 2 unspecified atom stereocenters. The first-order valence-corrected chi connectivity index (χ1v) is 9.07. The van der Waals surface area contributed by atoms with Gasteiger partial charge in [-0.15, -0.1) is 0 Å². The molecule has 0 bridgehead atoms. The highest BCUT2D eigenvalue weighted by molar-refractivity contribution is 5.91. The first kappa shape index (κ1) is 17.9. The molecule has 1 aromatic heterocycles. The lowest BCUT2D eigenvalue weighted by Gasteiger charge is -2.32. The highest BCUT2D eigenvalue weighted by atomic mass is 16.5. The fourth-order valence-electron chi connectivity index (χ4n) is 3.55. The number of aryl methyl sites for hydroxylation is 1. The van der Waals surface area contributed by atoms with E-state index in [2.05, 4.69) is 26.0 Å². The maximum absolute atomic E-state index is 12.1. The number of likely N-dealkylation sites (tertiary alicyclic amines) is 1. The number of hydrogen-bond donors (Lipinski definition) is 3. The van der Waals surface area contributed by atoms with E-state index in [1.807, 2.05) is 0 Å². The number of hydrogen-bond acceptors (Lipinski definition) is 6. The van der Waals surface area contributed by atoms with Crippen LogP contribution in [0.4, 0.5) is 5.82 Å². The number of aromatic nitrogens is 1. The zero-order valence-electron chi connectivity index (χ0n) is 14.7. The van der Waals surface area contributed by atoms with Gasteiger partial charge >= 0.3 is 0 Å². The number of carbonyl (C=O) groups is 2. The zero-order valence-corrected chi connectivity index (χ0v) is 14.7. The molecule has 8 heteroatoms. The van der Waals surface area contributed by atoms with Crippen molar-refractivity contribution < 1.29 is 14.1 Å². The molecule has 0 aliphatic carbocycles. The third kappa shape index (κ3) is 5.27. The van der Waals surface area contributed by atoms with E-state index in [-0.39, 0.29) is 17.9 Å². The van der Waals surface area contributed by atoms with Crippen LogP contribution >= 0.6 is 0 Å². The van der Waals surface area contributed by atoms with Crippen LogP contribution in [0.25, 0.3) is 0 Å². The quantitative estimate of drug-likeness (QED) is 0.692. The zero-order chi connectivity index (χ0) is 17.6. The van der Waals surface area contributed by atoms with Crippen LogP contribution in [0, 0.1) is 12.8 Å². The Hall–Kier alpha value is -1.93. The number of rotatable bonds is 6. The van der Waals surface area contributed by atoms with Gasteiger partial charge in [-0.1, -0.05) is 5.16 Å². The predicted octanol–water partition coefficient (Wildman–Crippen LogP) is 0.502. The maximum atomic E-state index is 12.1. The van der Waals surface area contributed by atoms with Crippen molar-refractivity contribution in [2.75, 3.05) is 38.0 Å². The molecule has 0 radical (unpaired) electrons. The summed E-state index contributed by atoms with van der Waals surface area (Å²) in [7, 11) is 0. The Morgan fingerprint density at radius 2 is 2.28 bits per heavy atom. The molecule has 1 aromatic rings. The second-order valence-corrected chi connectivity index (χ2v) is 7.01. The van der Waals surface area contributed by atoms with E-state index >= 15 is 0 Å².